The van der Waals surface area contributed by atoms with Crippen molar-refractivity contribution in [3.63, 3.8) is 0 Å². The second kappa shape index (κ2) is 6.37. The average Bonchev–Trinajstić information content (AvgIpc) is 2.36. The fraction of sp³-hybridized carbons (Fsp3) is 0.467. The molecule has 0 bridgehead atoms. The summed E-state index contributed by atoms with van der Waals surface area (Å²) >= 11 is 0. The predicted octanol–water partition coefficient (Wildman–Crippen LogP) is 2.58. The molecule has 3 N–H and O–H groups in total. The van der Waals surface area contributed by atoms with Crippen LogP contribution in [0, 0.1) is 0 Å². The smallest absolute Gasteiger partial charge is 0.368 e. The number of hydrogen-bond acceptors (Lipinski definition) is 2. The lowest BCUT2D eigenvalue weighted by Crippen LogP contribution is -2.53. The van der Waals surface area contributed by atoms with E-state index < -0.39 is 35.0 Å². The summed E-state index contributed by atoms with van der Waals surface area (Å²) in [6, 6.07) is 4.84. The number of benzene rings is 1. The zero-order valence-corrected chi connectivity index (χ0v) is 12.6. The van der Waals surface area contributed by atoms with Gasteiger partial charge in [-0.15, -0.1) is 0 Å². The Kier molecular flexibility index (Phi) is 5.22. The summed E-state index contributed by atoms with van der Waals surface area (Å²) in [5, 5.41) is 2.47. The minimum Gasteiger partial charge on any atom is -0.368 e. The van der Waals surface area contributed by atoms with E-state index in [9.17, 15) is 22.8 Å². The quantitative estimate of drug-likeness (QED) is 0.876. The minimum atomic E-state index is -4.42. The summed E-state index contributed by atoms with van der Waals surface area (Å²) in [6.45, 7) is 4.57. The second-order valence-electron chi connectivity index (χ2n) is 5.77. The number of alkyl halides is 3. The van der Waals surface area contributed by atoms with E-state index in [2.05, 4.69) is 5.32 Å². The van der Waals surface area contributed by atoms with E-state index in [1.807, 2.05) is 0 Å². The largest absolute Gasteiger partial charge is 0.416 e. The number of hydrogen-bond donors (Lipinski definition) is 2. The zero-order chi connectivity index (χ0) is 17.1. The molecule has 2 amide bonds. The van der Waals surface area contributed by atoms with Crippen LogP contribution in [0.3, 0.4) is 0 Å². The van der Waals surface area contributed by atoms with Crippen LogP contribution in [-0.4, -0.2) is 17.4 Å². The molecule has 122 valence electrons. The van der Waals surface area contributed by atoms with Gasteiger partial charge >= 0.3 is 6.18 Å². The van der Waals surface area contributed by atoms with Gasteiger partial charge in [0.2, 0.25) is 11.8 Å². The lowest BCUT2D eigenvalue weighted by atomic mass is 9.95. The minimum absolute atomic E-state index is 0.0436. The van der Waals surface area contributed by atoms with Crippen molar-refractivity contribution in [1.82, 2.24) is 5.32 Å². The van der Waals surface area contributed by atoms with Crippen LogP contribution in [0.15, 0.2) is 24.3 Å². The molecule has 4 nitrogen and oxygen atoms in total. The fourth-order valence-corrected chi connectivity index (χ4v) is 1.88. The Morgan fingerprint density at radius 3 is 2.36 bits per heavy atom. The van der Waals surface area contributed by atoms with Gasteiger partial charge in [0.15, 0.2) is 0 Å². The van der Waals surface area contributed by atoms with Gasteiger partial charge in [-0.2, -0.15) is 13.2 Å². The van der Waals surface area contributed by atoms with Crippen LogP contribution >= 0.6 is 0 Å². The van der Waals surface area contributed by atoms with Crippen LogP contribution in [0.1, 0.15) is 44.2 Å². The number of rotatable bonds is 5. The molecule has 1 aromatic rings. The van der Waals surface area contributed by atoms with Gasteiger partial charge in [0.05, 0.1) is 5.56 Å². The van der Waals surface area contributed by atoms with E-state index in [-0.39, 0.29) is 6.42 Å². The number of halogens is 3. The van der Waals surface area contributed by atoms with Crippen molar-refractivity contribution >= 4 is 11.8 Å². The lowest BCUT2D eigenvalue weighted by Gasteiger charge is -2.23. The molecule has 0 aliphatic rings. The molecule has 0 aliphatic carbocycles. The maximum absolute atomic E-state index is 12.7. The van der Waals surface area contributed by atoms with Gasteiger partial charge in [0, 0.05) is 6.42 Å². The molecule has 1 aromatic carbocycles. The van der Waals surface area contributed by atoms with Gasteiger partial charge in [-0.3, -0.25) is 9.59 Å². The van der Waals surface area contributed by atoms with Gasteiger partial charge < -0.3 is 11.1 Å². The molecule has 0 radical (unpaired) electrons. The Balaban J connectivity index is 2.79. The van der Waals surface area contributed by atoms with Gasteiger partial charge in [0.25, 0.3) is 0 Å². The van der Waals surface area contributed by atoms with Crippen molar-refractivity contribution in [2.45, 2.75) is 44.8 Å². The van der Waals surface area contributed by atoms with E-state index in [1.165, 1.54) is 26.0 Å². The fourth-order valence-electron chi connectivity index (χ4n) is 1.88. The number of nitrogens with one attached hydrogen (secondary N) is 1. The molecule has 1 rings (SSSR count). The molecule has 0 aromatic heterocycles. The Morgan fingerprint density at radius 2 is 1.86 bits per heavy atom. The number of carbonyl (C=O) groups excluding carboxylic acids is 2. The van der Waals surface area contributed by atoms with Crippen LogP contribution in [0.25, 0.3) is 0 Å². The molecule has 1 atom stereocenters. The maximum Gasteiger partial charge on any atom is 0.416 e. The number of amides is 2. The molecule has 7 heteroatoms. The summed E-state index contributed by atoms with van der Waals surface area (Å²) in [4.78, 5) is 23.0. The molecule has 0 saturated heterocycles. The molecule has 0 fully saturated rings. The number of carbonyl (C=O) groups is 2. The van der Waals surface area contributed by atoms with Crippen molar-refractivity contribution in [2.24, 2.45) is 5.73 Å². The first kappa shape index (κ1) is 18.0. The molecular weight excluding hydrogens is 297 g/mol. The standard InChI is InChI=1S/C15H19F3N2O2/c1-9(7-12(21)20-14(2,3)13(19)22)10-5-4-6-11(8-10)15(16,17)18/h4-6,8-9H,7H2,1-3H3,(H2,19,22)(H,20,21). The van der Waals surface area contributed by atoms with Gasteiger partial charge in [-0.05, 0) is 31.4 Å². The maximum atomic E-state index is 12.7. The SMILES string of the molecule is CC(CC(=O)NC(C)(C)C(N)=O)c1cccc(C(F)(F)F)c1. The van der Waals surface area contributed by atoms with Gasteiger partial charge in [-0.25, -0.2) is 0 Å². The molecule has 0 aliphatic heterocycles. The Hall–Kier alpha value is -2.05. The molecule has 22 heavy (non-hydrogen) atoms. The lowest BCUT2D eigenvalue weighted by molar-refractivity contribution is -0.137. The first-order valence-electron chi connectivity index (χ1n) is 6.71. The highest BCUT2D eigenvalue weighted by atomic mass is 19.4. The topological polar surface area (TPSA) is 72.2 Å². The normalized spacial score (nSPS) is 13.5. The van der Waals surface area contributed by atoms with Crippen LogP contribution in [-0.2, 0) is 15.8 Å². The summed E-state index contributed by atoms with van der Waals surface area (Å²) in [6.07, 6.45) is -4.47. The Bertz CT molecular complexity index is 568. The first-order chi connectivity index (χ1) is 9.93. The highest BCUT2D eigenvalue weighted by Crippen LogP contribution is 2.31. The number of primary amides is 1. The molecular formula is C15H19F3N2O2. The third kappa shape index (κ3) is 4.75. The first-order valence-corrected chi connectivity index (χ1v) is 6.71. The molecule has 0 heterocycles. The zero-order valence-electron chi connectivity index (χ0n) is 12.6. The van der Waals surface area contributed by atoms with Crippen molar-refractivity contribution < 1.29 is 22.8 Å². The third-order valence-electron chi connectivity index (χ3n) is 3.34. The van der Waals surface area contributed by atoms with E-state index in [0.717, 1.165) is 12.1 Å². The summed E-state index contributed by atoms with van der Waals surface area (Å²) < 4.78 is 38.0. The van der Waals surface area contributed by atoms with E-state index in [4.69, 9.17) is 5.73 Å². The summed E-state index contributed by atoms with van der Waals surface area (Å²) in [7, 11) is 0. The predicted molar refractivity (Wildman–Crippen MR) is 75.9 cm³/mol. The Labute approximate surface area is 126 Å². The van der Waals surface area contributed by atoms with Crippen molar-refractivity contribution in [1.29, 1.82) is 0 Å². The van der Waals surface area contributed by atoms with Crippen molar-refractivity contribution in [3.8, 4) is 0 Å². The molecule has 0 saturated carbocycles. The average molecular weight is 316 g/mol. The van der Waals surface area contributed by atoms with Crippen molar-refractivity contribution in [3.05, 3.63) is 35.4 Å². The van der Waals surface area contributed by atoms with Crippen LogP contribution in [0.4, 0.5) is 13.2 Å². The Morgan fingerprint density at radius 1 is 1.27 bits per heavy atom. The van der Waals surface area contributed by atoms with Gasteiger partial charge in [-0.1, -0.05) is 25.1 Å². The third-order valence-corrected chi connectivity index (χ3v) is 3.34. The summed E-state index contributed by atoms with van der Waals surface area (Å²) in [5.74, 6) is -1.56. The van der Waals surface area contributed by atoms with E-state index in [0.29, 0.717) is 5.56 Å². The number of nitrogens with two attached hydrogens (primary N) is 1. The highest BCUT2D eigenvalue weighted by Gasteiger charge is 2.31. The second-order valence-corrected chi connectivity index (χ2v) is 5.77. The summed E-state index contributed by atoms with van der Waals surface area (Å²) in [5.41, 5.74) is 3.60. The van der Waals surface area contributed by atoms with Crippen molar-refractivity contribution in [2.75, 3.05) is 0 Å². The van der Waals surface area contributed by atoms with Crippen LogP contribution < -0.4 is 11.1 Å². The van der Waals surface area contributed by atoms with Crippen LogP contribution in [0.5, 0.6) is 0 Å². The van der Waals surface area contributed by atoms with E-state index >= 15 is 0 Å². The monoisotopic (exact) mass is 316 g/mol. The molecule has 1 unspecified atom stereocenters. The molecule has 0 spiro atoms. The van der Waals surface area contributed by atoms with Crippen LogP contribution in [0.2, 0.25) is 0 Å². The van der Waals surface area contributed by atoms with Gasteiger partial charge in [0.1, 0.15) is 5.54 Å². The highest BCUT2D eigenvalue weighted by molar-refractivity contribution is 5.89. The van der Waals surface area contributed by atoms with E-state index in [1.54, 1.807) is 6.92 Å².